The quantitative estimate of drug-likeness (QED) is 0.780. The van der Waals surface area contributed by atoms with Crippen LogP contribution in [0.3, 0.4) is 0 Å². The van der Waals surface area contributed by atoms with Crippen LogP contribution < -0.4 is 5.73 Å². The van der Waals surface area contributed by atoms with Gasteiger partial charge in [0, 0.05) is 11.6 Å². The lowest BCUT2D eigenvalue weighted by Crippen LogP contribution is -2.03. The summed E-state index contributed by atoms with van der Waals surface area (Å²) < 4.78 is 0.768. The Balaban J connectivity index is 2.28. The number of rotatable bonds is 2. The van der Waals surface area contributed by atoms with E-state index in [1.807, 2.05) is 37.3 Å². The maximum Gasteiger partial charge on any atom is 0.181 e. The van der Waals surface area contributed by atoms with E-state index >= 15 is 0 Å². The number of halogens is 1. The van der Waals surface area contributed by atoms with Crippen LogP contribution in [0, 0.1) is 0 Å². The molecule has 2 N–H and O–H groups in total. The first-order chi connectivity index (χ1) is 9.70. The van der Waals surface area contributed by atoms with Crippen molar-refractivity contribution in [3.63, 3.8) is 0 Å². The second-order valence-electron chi connectivity index (χ2n) is 4.43. The smallest absolute Gasteiger partial charge is 0.181 e. The molecular weight excluding hydrogens is 316 g/mol. The molecule has 100 valence electrons. The number of nitrogen functional groups attached to an aromatic ring is 1. The highest BCUT2D eigenvalue weighted by Gasteiger charge is 2.13. The molecule has 0 bridgehead atoms. The number of nitrogens with zero attached hydrogens (tertiary/aromatic N) is 3. The highest BCUT2D eigenvalue weighted by Crippen LogP contribution is 2.28. The van der Waals surface area contributed by atoms with Crippen LogP contribution in [-0.2, 0) is 6.42 Å². The van der Waals surface area contributed by atoms with Crippen LogP contribution in [0.4, 0.5) is 5.82 Å². The molecular formula is C15H13BrN4. The van der Waals surface area contributed by atoms with Gasteiger partial charge in [0.25, 0.3) is 0 Å². The topological polar surface area (TPSA) is 64.7 Å². The zero-order valence-electron chi connectivity index (χ0n) is 11.0. The van der Waals surface area contributed by atoms with E-state index in [0.29, 0.717) is 11.6 Å². The zero-order chi connectivity index (χ0) is 14.1. The van der Waals surface area contributed by atoms with Gasteiger partial charge in [0.2, 0.25) is 0 Å². The second-order valence-corrected chi connectivity index (χ2v) is 5.22. The molecule has 0 aliphatic rings. The van der Waals surface area contributed by atoms with Crippen molar-refractivity contribution in [3.05, 3.63) is 46.7 Å². The molecule has 0 saturated heterocycles. The molecule has 0 aliphatic carbocycles. The average molecular weight is 329 g/mol. The van der Waals surface area contributed by atoms with Crippen molar-refractivity contribution in [2.45, 2.75) is 13.3 Å². The van der Waals surface area contributed by atoms with E-state index in [1.165, 1.54) is 0 Å². The largest absolute Gasteiger partial charge is 0.383 e. The first kappa shape index (κ1) is 13.0. The highest BCUT2D eigenvalue weighted by atomic mass is 79.9. The van der Waals surface area contributed by atoms with Gasteiger partial charge in [-0.3, -0.25) is 4.98 Å². The van der Waals surface area contributed by atoms with Gasteiger partial charge in [0.05, 0.1) is 10.2 Å². The van der Waals surface area contributed by atoms with Gasteiger partial charge in [-0.05, 0) is 33.8 Å². The van der Waals surface area contributed by atoms with Crippen LogP contribution in [0.25, 0.3) is 22.3 Å². The summed E-state index contributed by atoms with van der Waals surface area (Å²) in [5, 5.41) is 2.14. The monoisotopic (exact) mass is 328 g/mol. The first-order valence-electron chi connectivity index (χ1n) is 6.36. The van der Waals surface area contributed by atoms with Gasteiger partial charge < -0.3 is 5.73 Å². The summed E-state index contributed by atoms with van der Waals surface area (Å²) in [5.41, 5.74) is 7.60. The summed E-state index contributed by atoms with van der Waals surface area (Å²) >= 11 is 3.43. The van der Waals surface area contributed by atoms with Crippen molar-refractivity contribution >= 4 is 32.5 Å². The SMILES string of the molecule is CCc1nc(-c2nccc3ccccc23)nc(N)c1Br. The number of pyridine rings is 1. The number of nitrogens with two attached hydrogens (primary N) is 1. The third-order valence-electron chi connectivity index (χ3n) is 3.17. The number of aromatic nitrogens is 3. The fourth-order valence-corrected chi connectivity index (χ4v) is 2.61. The fourth-order valence-electron chi connectivity index (χ4n) is 2.15. The minimum Gasteiger partial charge on any atom is -0.383 e. The number of hydrogen-bond donors (Lipinski definition) is 1. The molecule has 0 radical (unpaired) electrons. The summed E-state index contributed by atoms with van der Waals surface area (Å²) in [4.78, 5) is 13.4. The van der Waals surface area contributed by atoms with Gasteiger partial charge in [-0.2, -0.15) is 0 Å². The lowest BCUT2D eigenvalue weighted by molar-refractivity contribution is 0.991. The molecule has 0 saturated carbocycles. The van der Waals surface area contributed by atoms with Gasteiger partial charge >= 0.3 is 0 Å². The molecule has 2 aromatic heterocycles. The standard InChI is InChI=1S/C15H13BrN4/c1-2-11-12(16)14(17)20-15(19-11)13-10-6-4-3-5-9(10)7-8-18-13/h3-8H,2H2,1H3,(H2,17,19,20). The van der Waals surface area contributed by atoms with Crippen LogP contribution >= 0.6 is 15.9 Å². The summed E-state index contributed by atoms with van der Waals surface area (Å²) in [7, 11) is 0. The Morgan fingerprint density at radius 1 is 1.15 bits per heavy atom. The molecule has 0 spiro atoms. The van der Waals surface area contributed by atoms with Crippen LogP contribution in [-0.4, -0.2) is 15.0 Å². The van der Waals surface area contributed by atoms with Crippen LogP contribution in [0.2, 0.25) is 0 Å². The highest BCUT2D eigenvalue weighted by molar-refractivity contribution is 9.10. The van der Waals surface area contributed by atoms with Crippen molar-refractivity contribution < 1.29 is 0 Å². The third-order valence-corrected chi connectivity index (χ3v) is 4.03. The lowest BCUT2D eigenvalue weighted by Gasteiger charge is -2.09. The van der Waals surface area contributed by atoms with Gasteiger partial charge in [-0.15, -0.1) is 0 Å². The zero-order valence-corrected chi connectivity index (χ0v) is 12.6. The Hall–Kier alpha value is -2.01. The van der Waals surface area contributed by atoms with Crippen molar-refractivity contribution in [2.75, 3.05) is 5.73 Å². The minimum absolute atomic E-state index is 0.446. The van der Waals surface area contributed by atoms with E-state index in [0.717, 1.165) is 33.1 Å². The molecule has 0 atom stereocenters. The second kappa shape index (κ2) is 5.17. The van der Waals surface area contributed by atoms with E-state index in [1.54, 1.807) is 6.20 Å². The molecule has 2 heterocycles. The Labute approximate surface area is 125 Å². The molecule has 0 fully saturated rings. The molecule has 20 heavy (non-hydrogen) atoms. The summed E-state index contributed by atoms with van der Waals surface area (Å²) in [6.45, 7) is 2.03. The predicted molar refractivity (Wildman–Crippen MR) is 84.3 cm³/mol. The van der Waals surface area contributed by atoms with Crippen molar-refractivity contribution in [2.24, 2.45) is 0 Å². The summed E-state index contributed by atoms with van der Waals surface area (Å²) in [6.07, 6.45) is 2.55. The normalized spacial score (nSPS) is 10.9. The maximum atomic E-state index is 5.95. The summed E-state index contributed by atoms with van der Waals surface area (Å²) in [6, 6.07) is 10.0. The number of fused-ring (bicyclic) bond motifs is 1. The molecule has 3 aromatic rings. The Morgan fingerprint density at radius 2 is 1.95 bits per heavy atom. The van der Waals surface area contributed by atoms with Crippen LogP contribution in [0.1, 0.15) is 12.6 Å². The van der Waals surface area contributed by atoms with Crippen molar-refractivity contribution in [3.8, 4) is 11.5 Å². The first-order valence-corrected chi connectivity index (χ1v) is 7.16. The van der Waals surface area contributed by atoms with E-state index < -0.39 is 0 Å². The number of hydrogen-bond acceptors (Lipinski definition) is 4. The maximum absolute atomic E-state index is 5.95. The van der Waals surface area contributed by atoms with Crippen LogP contribution in [0.15, 0.2) is 41.0 Å². The van der Waals surface area contributed by atoms with E-state index in [9.17, 15) is 0 Å². The Kier molecular flexibility index (Phi) is 3.36. The summed E-state index contributed by atoms with van der Waals surface area (Å²) in [5.74, 6) is 1.01. The average Bonchev–Trinajstić information content (AvgIpc) is 2.49. The Morgan fingerprint density at radius 3 is 2.75 bits per heavy atom. The van der Waals surface area contributed by atoms with Gasteiger partial charge in [-0.1, -0.05) is 31.2 Å². The van der Waals surface area contributed by atoms with Crippen LogP contribution in [0.5, 0.6) is 0 Å². The predicted octanol–water partition coefficient (Wildman–Crippen LogP) is 3.60. The number of anilines is 1. The van der Waals surface area contributed by atoms with Crippen molar-refractivity contribution in [1.29, 1.82) is 0 Å². The van der Waals surface area contributed by atoms with E-state index in [4.69, 9.17) is 5.73 Å². The van der Waals surface area contributed by atoms with E-state index in [2.05, 4.69) is 30.9 Å². The number of aryl methyl sites for hydroxylation is 1. The minimum atomic E-state index is 0.446. The molecule has 4 nitrogen and oxygen atoms in total. The molecule has 0 unspecified atom stereocenters. The van der Waals surface area contributed by atoms with Crippen molar-refractivity contribution in [1.82, 2.24) is 15.0 Å². The van der Waals surface area contributed by atoms with E-state index in [-0.39, 0.29) is 0 Å². The lowest BCUT2D eigenvalue weighted by atomic mass is 10.1. The molecule has 0 amide bonds. The molecule has 5 heteroatoms. The number of benzene rings is 1. The molecule has 1 aromatic carbocycles. The third kappa shape index (κ3) is 2.14. The van der Waals surface area contributed by atoms with Gasteiger partial charge in [0.15, 0.2) is 5.82 Å². The van der Waals surface area contributed by atoms with Gasteiger partial charge in [-0.25, -0.2) is 9.97 Å². The fraction of sp³-hybridized carbons (Fsp3) is 0.133. The molecule has 0 aliphatic heterocycles. The van der Waals surface area contributed by atoms with Gasteiger partial charge in [0.1, 0.15) is 11.5 Å². The molecule has 3 rings (SSSR count). The Bertz CT molecular complexity index is 781.